The number of rotatable bonds is 3. The molecule has 0 aliphatic rings. The normalized spacial score (nSPS) is 10.5. The molecule has 0 saturated heterocycles. The predicted molar refractivity (Wildman–Crippen MR) is 135 cm³/mol. The average molecular weight is 417 g/mol. The van der Waals surface area contributed by atoms with Crippen LogP contribution >= 0.6 is 0 Å². The number of hydrogen-bond donors (Lipinski definition) is 0. The van der Waals surface area contributed by atoms with Gasteiger partial charge in [-0.2, -0.15) is 0 Å². The summed E-state index contributed by atoms with van der Waals surface area (Å²) < 4.78 is 0.0176. The Hall–Kier alpha value is -1.64. The molecule has 0 heterocycles. The molecule has 0 amide bonds. The Morgan fingerprint density at radius 3 is 0.839 bits per heavy atom. The summed E-state index contributed by atoms with van der Waals surface area (Å²) >= 11 is 1.03. The molecule has 0 aliphatic heterocycles. The first-order valence-corrected chi connectivity index (χ1v) is 11.4. The van der Waals surface area contributed by atoms with Crippen molar-refractivity contribution in [3.05, 3.63) is 156 Å². The van der Waals surface area contributed by atoms with Gasteiger partial charge in [-0.25, -0.2) is 0 Å². The first-order chi connectivity index (χ1) is 14.8. The van der Waals surface area contributed by atoms with Gasteiger partial charge in [0.05, 0.1) is 0 Å². The van der Waals surface area contributed by atoms with Gasteiger partial charge in [-0.15, -0.1) is 0 Å². The van der Waals surface area contributed by atoms with Gasteiger partial charge in [0.15, 0.2) is 0 Å². The van der Waals surface area contributed by atoms with E-state index in [1.54, 1.807) is 0 Å². The summed E-state index contributed by atoms with van der Waals surface area (Å²) in [6, 6.07) is 49.2. The molecular formula is C29H23Na2. The molecular weight excluding hydrogens is 394 g/mol. The van der Waals surface area contributed by atoms with Gasteiger partial charge in [0.25, 0.3) is 0 Å². The van der Waals surface area contributed by atoms with Crippen molar-refractivity contribution in [2.45, 2.75) is 2.66 Å². The van der Waals surface area contributed by atoms with Crippen LogP contribution in [0.5, 0.6) is 0 Å². The Morgan fingerprint density at radius 1 is 0.355 bits per heavy atom. The molecule has 5 rings (SSSR count). The van der Waals surface area contributed by atoms with E-state index in [1.807, 2.05) is 0 Å². The van der Waals surface area contributed by atoms with E-state index in [1.165, 1.54) is 27.5 Å². The van der Waals surface area contributed by atoms with Crippen molar-refractivity contribution in [1.82, 2.24) is 0 Å². The third-order valence-corrected chi connectivity index (χ3v) is 7.44. The summed E-state index contributed by atoms with van der Waals surface area (Å²) in [4.78, 5) is 0. The van der Waals surface area contributed by atoms with Crippen LogP contribution in [-0.2, 0) is 2.66 Å². The largest absolute Gasteiger partial charge is 0.0616 e. The molecule has 0 unspecified atom stereocenters. The molecule has 141 valence electrons. The van der Waals surface area contributed by atoms with E-state index in [2.05, 4.69) is 140 Å². The molecule has 5 aromatic carbocycles. The fourth-order valence-electron chi connectivity index (χ4n) is 3.95. The first-order valence-electron chi connectivity index (χ1n) is 10.4. The molecule has 0 atom stereocenters. The minimum Gasteiger partial charge on any atom is -0.0616 e. The average Bonchev–Trinajstić information content (AvgIpc) is 2.86. The first kappa shape index (κ1) is 24.0. The van der Waals surface area contributed by atoms with Crippen molar-refractivity contribution in [2.75, 3.05) is 0 Å². The van der Waals surface area contributed by atoms with Gasteiger partial charge in [0.2, 0.25) is 0 Å². The zero-order valence-corrected chi connectivity index (χ0v) is 22.3. The van der Waals surface area contributed by atoms with Crippen LogP contribution in [0.2, 0.25) is 0 Å². The van der Waals surface area contributed by atoms with Gasteiger partial charge in [-0.1, -0.05) is 48.5 Å². The molecule has 0 spiro atoms. The molecule has 1 radical (unpaired) electrons. The van der Waals surface area contributed by atoms with Crippen molar-refractivity contribution in [3.8, 4) is 0 Å². The van der Waals surface area contributed by atoms with Gasteiger partial charge < -0.3 is 0 Å². The molecule has 5 aromatic rings. The van der Waals surface area contributed by atoms with Crippen LogP contribution in [0.3, 0.4) is 0 Å². The third-order valence-electron chi connectivity index (χ3n) is 5.71. The maximum Gasteiger partial charge on any atom is -0.0184 e. The molecule has 0 aromatic heterocycles. The summed E-state index contributed by atoms with van der Waals surface area (Å²) in [7, 11) is 0. The molecule has 0 N–H and O–H groups in total. The summed E-state index contributed by atoms with van der Waals surface area (Å²) in [5.74, 6) is 0. The SMILES string of the molecule is [Na].[Na][C](c1ccccc1)(c1ccccc1)c1ccccc1.c1ccc2ccccc2c1. The van der Waals surface area contributed by atoms with Gasteiger partial charge in [-0.05, 0) is 10.8 Å². The number of benzene rings is 5. The molecule has 0 fully saturated rings. The van der Waals surface area contributed by atoms with Crippen LogP contribution in [-0.4, -0.2) is 57.5 Å². The van der Waals surface area contributed by atoms with Gasteiger partial charge >= 0.3 is 138 Å². The van der Waals surface area contributed by atoms with E-state index in [4.69, 9.17) is 0 Å². The molecule has 0 saturated carbocycles. The van der Waals surface area contributed by atoms with Crippen LogP contribution in [0, 0.1) is 0 Å². The fourth-order valence-corrected chi connectivity index (χ4v) is 4.95. The second kappa shape index (κ2) is 11.8. The van der Waals surface area contributed by atoms with Crippen LogP contribution < -0.4 is 0 Å². The van der Waals surface area contributed by atoms with Crippen molar-refractivity contribution < 1.29 is 0 Å². The monoisotopic (exact) mass is 417 g/mol. The quantitative estimate of drug-likeness (QED) is 0.229. The second-order valence-corrected chi connectivity index (χ2v) is 9.07. The fraction of sp³-hybridized carbons (Fsp3) is 0.0345. The predicted octanol–water partition coefficient (Wildman–Crippen LogP) is 6.61. The molecule has 0 aliphatic carbocycles. The summed E-state index contributed by atoms with van der Waals surface area (Å²) in [5, 5.41) is 2.62. The van der Waals surface area contributed by atoms with Crippen molar-refractivity contribution in [2.24, 2.45) is 0 Å². The van der Waals surface area contributed by atoms with Crippen molar-refractivity contribution in [1.29, 1.82) is 0 Å². The zero-order valence-electron chi connectivity index (χ0n) is 18.3. The summed E-state index contributed by atoms with van der Waals surface area (Å²) in [6.07, 6.45) is 0. The van der Waals surface area contributed by atoms with E-state index in [9.17, 15) is 0 Å². The maximum absolute atomic E-state index is 2.24. The maximum atomic E-state index is 2.24. The summed E-state index contributed by atoms with van der Waals surface area (Å²) in [6.45, 7) is 0. The molecule has 2 heteroatoms. The smallest absolute Gasteiger partial charge is 0.0184 e. The molecule has 0 bridgehead atoms. The standard InChI is InChI=1S/C19H15.C10H8.2Na/c1-4-10-16(11-5-1)19(17-12-6-2-7-13-17)18-14-8-3-9-15-18;1-2-6-10-8-4-3-7-9(10)5-1;;/h1-15H;1-8H;;. The van der Waals surface area contributed by atoms with E-state index in [-0.39, 0.29) is 32.2 Å². The van der Waals surface area contributed by atoms with Crippen molar-refractivity contribution >= 4 is 68.3 Å². The minimum atomic E-state index is 0. The summed E-state index contributed by atoms with van der Waals surface area (Å²) in [5.41, 5.74) is 4.14. The Bertz CT molecular complexity index is 1020. The second-order valence-electron chi connectivity index (χ2n) is 7.57. The zero-order chi connectivity index (χ0) is 20.7. The third kappa shape index (κ3) is 5.79. The van der Waals surface area contributed by atoms with Gasteiger partial charge in [0.1, 0.15) is 0 Å². The number of hydrogen-bond acceptors (Lipinski definition) is 0. The Morgan fingerprint density at radius 2 is 0.581 bits per heavy atom. The molecule has 31 heavy (non-hydrogen) atoms. The van der Waals surface area contributed by atoms with E-state index in [0.29, 0.717) is 0 Å². The topological polar surface area (TPSA) is 0 Å². The Kier molecular flexibility index (Phi) is 9.16. The van der Waals surface area contributed by atoms with Crippen LogP contribution in [0.25, 0.3) is 10.8 Å². The van der Waals surface area contributed by atoms with E-state index < -0.39 is 0 Å². The van der Waals surface area contributed by atoms with Crippen LogP contribution in [0.1, 0.15) is 16.7 Å². The van der Waals surface area contributed by atoms with Crippen molar-refractivity contribution in [3.63, 3.8) is 0 Å². The van der Waals surface area contributed by atoms with Gasteiger partial charge in [-0.3, -0.25) is 0 Å². The van der Waals surface area contributed by atoms with Crippen LogP contribution in [0.15, 0.2) is 140 Å². The van der Waals surface area contributed by atoms with Gasteiger partial charge in [0, 0.05) is 29.6 Å². The van der Waals surface area contributed by atoms with Crippen LogP contribution in [0.4, 0.5) is 0 Å². The Labute approximate surface area is 225 Å². The van der Waals surface area contributed by atoms with E-state index >= 15 is 0 Å². The van der Waals surface area contributed by atoms with E-state index in [0.717, 1.165) is 27.9 Å². The number of fused-ring (bicyclic) bond motifs is 1. The Balaban J connectivity index is 0.000000208. The minimum absolute atomic E-state index is 0. The molecule has 0 nitrogen and oxygen atoms in total.